The number of thioether (sulfide) groups is 1. The molecule has 7 heteroatoms. The second kappa shape index (κ2) is 6.54. The van der Waals surface area contributed by atoms with Gasteiger partial charge in [-0.05, 0) is 12.1 Å². The molecule has 1 aromatic carbocycles. The van der Waals surface area contributed by atoms with E-state index in [-0.39, 0.29) is 23.0 Å². The molecule has 0 atom stereocenters. The van der Waals surface area contributed by atoms with E-state index >= 15 is 0 Å². The molecule has 20 heavy (non-hydrogen) atoms. The molecule has 0 aliphatic rings. The number of amides is 1. The van der Waals surface area contributed by atoms with Crippen molar-refractivity contribution in [1.82, 2.24) is 9.97 Å². The van der Waals surface area contributed by atoms with Crippen LogP contribution in [-0.2, 0) is 4.79 Å². The lowest BCUT2D eigenvalue weighted by Gasteiger charge is -2.04. The number of hydrogen-bond acceptors (Lipinski definition) is 6. The molecule has 0 saturated heterocycles. The second-order valence-electron chi connectivity index (χ2n) is 3.77. The number of nitrogens with zero attached hydrogens (tertiary/aromatic N) is 3. The number of aromatic nitrogens is 2. The summed E-state index contributed by atoms with van der Waals surface area (Å²) < 4.78 is 0. The zero-order valence-corrected chi connectivity index (χ0v) is 11.2. The summed E-state index contributed by atoms with van der Waals surface area (Å²) in [6.45, 7) is 0. The van der Waals surface area contributed by atoms with Crippen molar-refractivity contribution >= 4 is 29.2 Å². The maximum atomic E-state index is 11.7. The summed E-state index contributed by atoms with van der Waals surface area (Å²) >= 11 is 1.16. The van der Waals surface area contributed by atoms with Crippen molar-refractivity contribution in [2.45, 2.75) is 5.16 Å². The van der Waals surface area contributed by atoms with Gasteiger partial charge in [-0.25, -0.2) is 9.97 Å². The number of hydrogen-bond donors (Lipinski definition) is 2. The minimum atomic E-state index is -0.160. The Kier molecular flexibility index (Phi) is 4.52. The predicted molar refractivity (Wildman–Crippen MR) is 77.0 cm³/mol. The van der Waals surface area contributed by atoms with Gasteiger partial charge in [0.25, 0.3) is 0 Å². The normalized spacial score (nSPS) is 9.75. The Hall–Kier alpha value is -2.59. The van der Waals surface area contributed by atoms with Gasteiger partial charge in [-0.3, -0.25) is 4.79 Å². The zero-order valence-electron chi connectivity index (χ0n) is 10.4. The summed E-state index contributed by atoms with van der Waals surface area (Å²) in [5.74, 6) is 0.126. The van der Waals surface area contributed by atoms with E-state index in [9.17, 15) is 4.79 Å². The van der Waals surface area contributed by atoms with Gasteiger partial charge >= 0.3 is 0 Å². The summed E-state index contributed by atoms with van der Waals surface area (Å²) in [4.78, 5) is 19.6. The van der Waals surface area contributed by atoms with Crippen LogP contribution in [0.2, 0.25) is 0 Å². The third-order valence-electron chi connectivity index (χ3n) is 2.31. The van der Waals surface area contributed by atoms with Crippen LogP contribution in [0.15, 0.2) is 41.7 Å². The number of nitrogens with one attached hydrogen (secondary N) is 1. The van der Waals surface area contributed by atoms with Crippen LogP contribution in [0.3, 0.4) is 0 Å². The van der Waals surface area contributed by atoms with Gasteiger partial charge in [-0.15, -0.1) is 0 Å². The lowest BCUT2D eigenvalue weighted by molar-refractivity contribution is -0.113. The van der Waals surface area contributed by atoms with Crippen LogP contribution in [0.1, 0.15) is 5.56 Å². The van der Waals surface area contributed by atoms with Crippen LogP contribution in [-0.4, -0.2) is 21.6 Å². The zero-order chi connectivity index (χ0) is 14.4. The van der Waals surface area contributed by atoms with E-state index in [0.29, 0.717) is 5.16 Å². The number of benzene rings is 1. The average Bonchev–Trinajstić information content (AvgIpc) is 2.46. The highest BCUT2D eigenvalue weighted by molar-refractivity contribution is 7.99. The molecule has 1 amide bonds. The van der Waals surface area contributed by atoms with Crippen molar-refractivity contribution in [3.8, 4) is 6.07 Å². The highest BCUT2D eigenvalue weighted by atomic mass is 32.2. The monoisotopic (exact) mass is 285 g/mol. The molecule has 0 unspecified atom stereocenters. The number of nitrogen functional groups attached to an aromatic ring is 1. The van der Waals surface area contributed by atoms with Crippen LogP contribution in [0.25, 0.3) is 0 Å². The molecule has 0 fully saturated rings. The lowest BCUT2D eigenvalue weighted by Crippen LogP contribution is -2.14. The van der Waals surface area contributed by atoms with Crippen molar-refractivity contribution in [2.24, 2.45) is 0 Å². The van der Waals surface area contributed by atoms with Gasteiger partial charge in [-0.2, -0.15) is 5.26 Å². The van der Waals surface area contributed by atoms with Crippen molar-refractivity contribution in [3.05, 3.63) is 42.1 Å². The van der Waals surface area contributed by atoms with E-state index in [1.165, 1.54) is 6.20 Å². The summed E-state index contributed by atoms with van der Waals surface area (Å²) in [6, 6.07) is 11.0. The Morgan fingerprint density at radius 1 is 1.40 bits per heavy atom. The van der Waals surface area contributed by atoms with Crippen LogP contribution in [0.5, 0.6) is 0 Å². The molecule has 0 bridgehead atoms. The van der Waals surface area contributed by atoms with Crippen LogP contribution in [0.4, 0.5) is 11.5 Å². The molecule has 0 spiro atoms. The van der Waals surface area contributed by atoms with E-state index in [2.05, 4.69) is 15.3 Å². The number of rotatable bonds is 4. The molecule has 6 nitrogen and oxygen atoms in total. The molecular weight excluding hydrogens is 274 g/mol. The van der Waals surface area contributed by atoms with E-state index in [1.807, 2.05) is 24.3 Å². The minimum absolute atomic E-state index is 0.119. The third kappa shape index (κ3) is 3.70. The fraction of sp³-hybridized carbons (Fsp3) is 0.0769. The smallest absolute Gasteiger partial charge is 0.234 e. The Labute approximate surface area is 120 Å². The summed E-state index contributed by atoms with van der Waals surface area (Å²) in [7, 11) is 0. The Balaban J connectivity index is 1.91. The van der Waals surface area contributed by atoms with Gasteiger partial charge in [0.15, 0.2) is 5.16 Å². The first-order valence-corrected chi connectivity index (χ1v) is 6.68. The van der Waals surface area contributed by atoms with Crippen LogP contribution >= 0.6 is 11.8 Å². The van der Waals surface area contributed by atoms with Crippen molar-refractivity contribution < 1.29 is 4.79 Å². The average molecular weight is 285 g/mol. The topological polar surface area (TPSA) is 105 Å². The Morgan fingerprint density at radius 3 is 2.80 bits per heavy atom. The quantitative estimate of drug-likeness (QED) is 0.654. The van der Waals surface area contributed by atoms with E-state index in [4.69, 9.17) is 11.0 Å². The Bertz CT molecular complexity index is 654. The SMILES string of the molecule is N#Cc1cnc(SCC(=O)Nc2ccccc2)nc1N. The molecule has 2 rings (SSSR count). The van der Waals surface area contributed by atoms with E-state index in [1.54, 1.807) is 12.1 Å². The first-order valence-electron chi connectivity index (χ1n) is 5.69. The number of carbonyl (C=O) groups excluding carboxylic acids is 1. The van der Waals surface area contributed by atoms with Gasteiger partial charge in [0.05, 0.1) is 11.9 Å². The minimum Gasteiger partial charge on any atom is -0.382 e. The molecule has 0 aliphatic heterocycles. The number of anilines is 2. The van der Waals surface area contributed by atoms with E-state index < -0.39 is 0 Å². The highest BCUT2D eigenvalue weighted by Crippen LogP contribution is 2.16. The highest BCUT2D eigenvalue weighted by Gasteiger charge is 2.07. The van der Waals surface area contributed by atoms with Crippen LogP contribution < -0.4 is 11.1 Å². The molecule has 0 aliphatic carbocycles. The lowest BCUT2D eigenvalue weighted by atomic mass is 10.3. The molecule has 1 heterocycles. The number of carbonyl (C=O) groups is 1. The summed E-state index contributed by atoms with van der Waals surface area (Å²) in [5, 5.41) is 11.8. The summed E-state index contributed by atoms with van der Waals surface area (Å²) in [5.41, 5.74) is 6.53. The van der Waals surface area contributed by atoms with Gasteiger partial charge in [0.1, 0.15) is 17.5 Å². The standard InChI is InChI=1S/C13H11N5OS/c14-6-9-7-16-13(18-12(9)15)20-8-11(19)17-10-4-2-1-3-5-10/h1-5,7H,8H2,(H,17,19)(H2,15,16,18). The van der Waals surface area contributed by atoms with Crippen molar-refractivity contribution in [2.75, 3.05) is 16.8 Å². The maximum absolute atomic E-state index is 11.7. The first-order chi connectivity index (χ1) is 9.69. The number of nitriles is 1. The Morgan fingerprint density at radius 2 is 2.15 bits per heavy atom. The molecule has 2 aromatic rings. The van der Waals surface area contributed by atoms with Gasteiger partial charge in [-0.1, -0.05) is 30.0 Å². The molecule has 100 valence electrons. The van der Waals surface area contributed by atoms with E-state index in [0.717, 1.165) is 17.4 Å². The molecular formula is C13H11N5OS. The number of para-hydroxylation sites is 1. The van der Waals surface area contributed by atoms with Crippen molar-refractivity contribution in [1.29, 1.82) is 5.26 Å². The van der Waals surface area contributed by atoms with Gasteiger partial charge < -0.3 is 11.1 Å². The van der Waals surface area contributed by atoms with Gasteiger partial charge in [0, 0.05) is 5.69 Å². The third-order valence-corrected chi connectivity index (χ3v) is 3.17. The molecule has 0 radical (unpaired) electrons. The summed E-state index contributed by atoms with van der Waals surface area (Å²) in [6.07, 6.45) is 1.35. The fourth-order valence-corrected chi connectivity index (χ4v) is 2.00. The molecule has 0 saturated carbocycles. The largest absolute Gasteiger partial charge is 0.382 e. The maximum Gasteiger partial charge on any atom is 0.234 e. The van der Waals surface area contributed by atoms with Crippen molar-refractivity contribution in [3.63, 3.8) is 0 Å². The van der Waals surface area contributed by atoms with Crippen LogP contribution in [0, 0.1) is 11.3 Å². The molecule has 3 N–H and O–H groups in total. The number of nitrogens with two attached hydrogens (primary N) is 1. The first kappa shape index (κ1) is 13.8. The van der Waals surface area contributed by atoms with Gasteiger partial charge in [0.2, 0.25) is 5.91 Å². The predicted octanol–water partition coefficient (Wildman–Crippen LogP) is 1.66. The molecule has 1 aromatic heterocycles. The fourth-order valence-electron chi connectivity index (χ4n) is 1.38. The second-order valence-corrected chi connectivity index (χ2v) is 4.71.